The third kappa shape index (κ3) is 6.02. The fraction of sp³-hybridized carbons (Fsp3) is 0.556. The van der Waals surface area contributed by atoms with Crippen LogP contribution >= 0.6 is 0 Å². The second-order valence-corrected chi connectivity index (χ2v) is 6.71. The Kier molecular flexibility index (Phi) is 6.16. The first-order valence-electron chi connectivity index (χ1n) is 8.28. The minimum Gasteiger partial charge on any atom is -0.394 e. The van der Waals surface area contributed by atoms with E-state index in [-0.39, 0.29) is 36.8 Å². The molecule has 0 aromatic heterocycles. The molecule has 0 spiro atoms. The quantitative estimate of drug-likeness (QED) is 0.687. The van der Waals surface area contributed by atoms with E-state index in [1.165, 1.54) is 0 Å². The Morgan fingerprint density at radius 2 is 1.87 bits per heavy atom. The molecule has 2 amide bonds. The summed E-state index contributed by atoms with van der Waals surface area (Å²) in [5.41, 5.74) is 1.65. The van der Waals surface area contributed by atoms with Gasteiger partial charge in [-0.3, -0.25) is 9.59 Å². The van der Waals surface area contributed by atoms with Crippen molar-refractivity contribution in [2.75, 3.05) is 11.9 Å². The highest BCUT2D eigenvalue weighted by molar-refractivity contribution is 5.94. The maximum Gasteiger partial charge on any atom is 0.227 e. The first-order valence-corrected chi connectivity index (χ1v) is 8.28. The molecule has 1 aromatic rings. The third-order valence-electron chi connectivity index (χ3n) is 3.88. The summed E-state index contributed by atoms with van der Waals surface area (Å²) < 4.78 is 0. The minimum atomic E-state index is -0.195. The number of benzene rings is 1. The summed E-state index contributed by atoms with van der Waals surface area (Å²) in [6.07, 6.45) is 2.98. The number of hydrogen-bond donors (Lipinski definition) is 3. The molecule has 0 aliphatic heterocycles. The second kappa shape index (κ2) is 8.11. The Bertz CT molecular complexity index is 536. The van der Waals surface area contributed by atoms with Crippen molar-refractivity contribution in [2.24, 2.45) is 11.8 Å². The van der Waals surface area contributed by atoms with E-state index in [1.54, 1.807) is 0 Å². The van der Waals surface area contributed by atoms with Gasteiger partial charge < -0.3 is 15.7 Å². The number of aliphatic hydroxyl groups is 1. The van der Waals surface area contributed by atoms with Gasteiger partial charge in [0, 0.05) is 11.6 Å². The normalized spacial score (nSPS) is 15.3. The fourth-order valence-electron chi connectivity index (χ4n) is 2.51. The number of nitrogens with one attached hydrogen (secondary N) is 2. The molecule has 3 N–H and O–H groups in total. The van der Waals surface area contributed by atoms with Gasteiger partial charge in [-0.15, -0.1) is 0 Å². The highest BCUT2D eigenvalue weighted by Crippen LogP contribution is 2.30. The van der Waals surface area contributed by atoms with Gasteiger partial charge in [-0.05, 0) is 42.9 Å². The van der Waals surface area contributed by atoms with Crippen LogP contribution in [0.4, 0.5) is 5.69 Å². The lowest BCUT2D eigenvalue weighted by atomic mass is 10.0. The van der Waals surface area contributed by atoms with Crippen molar-refractivity contribution in [1.29, 1.82) is 0 Å². The number of rotatable bonds is 8. The molecule has 1 fully saturated rings. The van der Waals surface area contributed by atoms with Crippen LogP contribution in [-0.2, 0) is 16.0 Å². The molecule has 0 saturated heterocycles. The Balaban J connectivity index is 1.82. The molecule has 1 aromatic carbocycles. The van der Waals surface area contributed by atoms with E-state index in [4.69, 9.17) is 0 Å². The Labute approximate surface area is 137 Å². The zero-order valence-electron chi connectivity index (χ0n) is 13.8. The molecule has 1 saturated carbocycles. The van der Waals surface area contributed by atoms with Crippen molar-refractivity contribution >= 4 is 17.5 Å². The number of carbonyl (C=O) groups excluding carboxylic acids is 2. The van der Waals surface area contributed by atoms with E-state index in [0.717, 1.165) is 30.5 Å². The first-order chi connectivity index (χ1) is 11.0. The molecule has 5 nitrogen and oxygen atoms in total. The topological polar surface area (TPSA) is 78.4 Å². The summed E-state index contributed by atoms with van der Waals surface area (Å²) in [7, 11) is 0. The van der Waals surface area contributed by atoms with Gasteiger partial charge in [0.15, 0.2) is 0 Å². The van der Waals surface area contributed by atoms with Crippen LogP contribution < -0.4 is 10.6 Å². The minimum absolute atomic E-state index is 0.0456. The largest absolute Gasteiger partial charge is 0.394 e. The lowest BCUT2D eigenvalue weighted by Gasteiger charge is -2.18. The van der Waals surface area contributed by atoms with Gasteiger partial charge in [0.25, 0.3) is 0 Å². The summed E-state index contributed by atoms with van der Waals surface area (Å²) in [6.45, 7) is 4.07. The van der Waals surface area contributed by atoms with Crippen LogP contribution in [0.3, 0.4) is 0 Å². The van der Waals surface area contributed by atoms with Crippen LogP contribution in [0.5, 0.6) is 0 Å². The summed E-state index contributed by atoms with van der Waals surface area (Å²) in [4.78, 5) is 23.7. The molecule has 1 unspecified atom stereocenters. The number of hydrogen-bond acceptors (Lipinski definition) is 3. The van der Waals surface area contributed by atoms with Crippen LogP contribution in [0, 0.1) is 11.8 Å². The smallest absolute Gasteiger partial charge is 0.227 e. The van der Waals surface area contributed by atoms with Gasteiger partial charge in [-0.1, -0.05) is 26.0 Å². The van der Waals surface area contributed by atoms with Crippen molar-refractivity contribution in [1.82, 2.24) is 5.32 Å². The second-order valence-electron chi connectivity index (χ2n) is 6.71. The molecule has 5 heteroatoms. The molecule has 126 valence electrons. The van der Waals surface area contributed by atoms with Crippen LogP contribution in [0.1, 0.15) is 38.7 Å². The van der Waals surface area contributed by atoms with E-state index < -0.39 is 0 Å². The summed E-state index contributed by atoms with van der Waals surface area (Å²) in [5.74, 6) is 0.577. The first kappa shape index (κ1) is 17.5. The lowest BCUT2D eigenvalue weighted by Crippen LogP contribution is -2.39. The SMILES string of the molecule is CC(C)CC(CO)NC(=O)Cc1ccc(NC(=O)C2CC2)cc1. The van der Waals surface area contributed by atoms with Gasteiger partial charge in [0.1, 0.15) is 0 Å². The van der Waals surface area contributed by atoms with Crippen molar-refractivity contribution in [2.45, 2.75) is 45.6 Å². The summed E-state index contributed by atoms with van der Waals surface area (Å²) >= 11 is 0. The van der Waals surface area contributed by atoms with E-state index >= 15 is 0 Å². The number of carbonyl (C=O) groups is 2. The van der Waals surface area contributed by atoms with Gasteiger partial charge in [0.05, 0.1) is 19.1 Å². The van der Waals surface area contributed by atoms with Crippen molar-refractivity contribution in [3.05, 3.63) is 29.8 Å². The Morgan fingerprint density at radius 1 is 1.22 bits per heavy atom. The summed E-state index contributed by atoms with van der Waals surface area (Å²) in [5, 5.41) is 15.0. The predicted octanol–water partition coefficient (Wildman–Crippen LogP) is 2.10. The van der Waals surface area contributed by atoms with Crippen molar-refractivity contribution < 1.29 is 14.7 Å². The van der Waals surface area contributed by atoms with Crippen molar-refractivity contribution in [3.8, 4) is 0 Å². The molecular weight excluding hydrogens is 292 g/mol. The highest BCUT2D eigenvalue weighted by atomic mass is 16.3. The van der Waals surface area contributed by atoms with Crippen LogP contribution in [0.25, 0.3) is 0 Å². The molecular formula is C18H26N2O3. The zero-order chi connectivity index (χ0) is 16.8. The fourth-order valence-corrected chi connectivity index (χ4v) is 2.51. The lowest BCUT2D eigenvalue weighted by molar-refractivity contribution is -0.121. The molecule has 1 aliphatic carbocycles. The molecule has 1 atom stereocenters. The van der Waals surface area contributed by atoms with Gasteiger partial charge in [-0.25, -0.2) is 0 Å². The van der Waals surface area contributed by atoms with E-state index in [1.807, 2.05) is 24.3 Å². The van der Waals surface area contributed by atoms with Gasteiger partial charge in [0.2, 0.25) is 11.8 Å². The van der Waals surface area contributed by atoms with E-state index in [9.17, 15) is 14.7 Å². The van der Waals surface area contributed by atoms with Gasteiger partial charge in [-0.2, -0.15) is 0 Å². The molecule has 2 rings (SSSR count). The average molecular weight is 318 g/mol. The molecule has 0 heterocycles. The third-order valence-corrected chi connectivity index (χ3v) is 3.88. The maximum atomic E-state index is 12.0. The Hall–Kier alpha value is -1.88. The van der Waals surface area contributed by atoms with E-state index in [0.29, 0.717) is 5.92 Å². The van der Waals surface area contributed by atoms with Crippen LogP contribution in [-0.4, -0.2) is 29.6 Å². The standard InChI is InChI=1S/C18H26N2O3/c1-12(2)9-16(11-21)19-17(22)10-13-3-7-15(8-4-13)20-18(23)14-5-6-14/h3-4,7-8,12,14,16,21H,5-6,9-11H2,1-2H3,(H,19,22)(H,20,23). The van der Waals surface area contributed by atoms with Crippen molar-refractivity contribution in [3.63, 3.8) is 0 Å². The summed E-state index contributed by atoms with van der Waals surface area (Å²) in [6, 6.07) is 7.14. The molecule has 23 heavy (non-hydrogen) atoms. The van der Waals surface area contributed by atoms with Crippen LogP contribution in [0.15, 0.2) is 24.3 Å². The maximum absolute atomic E-state index is 12.0. The van der Waals surface area contributed by atoms with Crippen LogP contribution in [0.2, 0.25) is 0 Å². The monoisotopic (exact) mass is 318 g/mol. The molecule has 0 radical (unpaired) electrons. The van der Waals surface area contributed by atoms with E-state index in [2.05, 4.69) is 24.5 Å². The average Bonchev–Trinajstić information content (AvgIpc) is 3.32. The highest BCUT2D eigenvalue weighted by Gasteiger charge is 2.29. The van der Waals surface area contributed by atoms with Gasteiger partial charge >= 0.3 is 0 Å². The predicted molar refractivity (Wildman–Crippen MR) is 90.0 cm³/mol. The number of aliphatic hydroxyl groups excluding tert-OH is 1. The molecule has 1 aliphatic rings. The molecule has 0 bridgehead atoms. The number of amides is 2. The number of anilines is 1. The Morgan fingerprint density at radius 3 is 2.39 bits per heavy atom. The zero-order valence-corrected chi connectivity index (χ0v) is 13.8.